The van der Waals surface area contributed by atoms with Gasteiger partial charge in [-0.2, -0.15) is 5.26 Å². The average Bonchev–Trinajstić information content (AvgIpc) is 2.29. The SMILES string of the molecule is CCC(O)CNCc1ccccc1C#N. The fraction of sp³-hybridized carbons (Fsp3) is 0.417. The van der Waals surface area contributed by atoms with Gasteiger partial charge < -0.3 is 10.4 Å². The number of nitriles is 1. The predicted octanol–water partition coefficient (Wildman–Crippen LogP) is 1.42. The quantitative estimate of drug-likeness (QED) is 0.762. The summed E-state index contributed by atoms with van der Waals surface area (Å²) in [7, 11) is 0. The van der Waals surface area contributed by atoms with Crippen LogP contribution in [-0.4, -0.2) is 17.8 Å². The third kappa shape index (κ3) is 3.70. The highest BCUT2D eigenvalue weighted by Gasteiger charge is 2.02. The Balaban J connectivity index is 2.47. The van der Waals surface area contributed by atoms with Gasteiger partial charge in [-0.25, -0.2) is 0 Å². The number of hydrogen-bond donors (Lipinski definition) is 2. The maximum atomic E-state index is 9.33. The molecule has 1 atom stereocenters. The largest absolute Gasteiger partial charge is 0.392 e. The lowest BCUT2D eigenvalue weighted by molar-refractivity contribution is 0.167. The number of nitrogens with one attached hydrogen (secondary N) is 1. The third-order valence-corrected chi connectivity index (χ3v) is 2.30. The molecule has 80 valence electrons. The van der Waals surface area contributed by atoms with Crippen molar-refractivity contribution >= 4 is 0 Å². The highest BCUT2D eigenvalue weighted by atomic mass is 16.3. The van der Waals surface area contributed by atoms with Crippen LogP contribution in [0.2, 0.25) is 0 Å². The molecule has 1 rings (SSSR count). The molecule has 0 saturated heterocycles. The topological polar surface area (TPSA) is 56.0 Å². The van der Waals surface area contributed by atoms with Gasteiger partial charge in [0.15, 0.2) is 0 Å². The number of nitrogens with zero attached hydrogens (tertiary/aromatic N) is 1. The zero-order valence-electron chi connectivity index (χ0n) is 8.90. The van der Waals surface area contributed by atoms with E-state index in [-0.39, 0.29) is 6.10 Å². The van der Waals surface area contributed by atoms with Crippen LogP contribution in [0.25, 0.3) is 0 Å². The van der Waals surface area contributed by atoms with Crippen LogP contribution in [0.15, 0.2) is 24.3 Å². The molecule has 1 aromatic carbocycles. The van der Waals surface area contributed by atoms with Gasteiger partial charge in [0.05, 0.1) is 17.7 Å². The molecule has 3 heteroatoms. The van der Waals surface area contributed by atoms with Crippen molar-refractivity contribution in [2.75, 3.05) is 6.54 Å². The second-order valence-electron chi connectivity index (χ2n) is 3.46. The highest BCUT2D eigenvalue weighted by molar-refractivity contribution is 5.37. The summed E-state index contributed by atoms with van der Waals surface area (Å²) in [6, 6.07) is 9.63. The van der Waals surface area contributed by atoms with Crippen LogP contribution in [-0.2, 0) is 6.54 Å². The zero-order chi connectivity index (χ0) is 11.1. The minimum absolute atomic E-state index is 0.306. The summed E-state index contributed by atoms with van der Waals surface area (Å²) in [6.07, 6.45) is 0.437. The lowest BCUT2D eigenvalue weighted by atomic mass is 10.1. The molecule has 0 bridgehead atoms. The van der Waals surface area contributed by atoms with Gasteiger partial charge >= 0.3 is 0 Å². The molecule has 2 N–H and O–H groups in total. The second-order valence-corrected chi connectivity index (χ2v) is 3.46. The molecule has 0 fully saturated rings. The fourth-order valence-corrected chi connectivity index (χ4v) is 1.30. The van der Waals surface area contributed by atoms with Crippen molar-refractivity contribution in [3.63, 3.8) is 0 Å². The molecular weight excluding hydrogens is 188 g/mol. The smallest absolute Gasteiger partial charge is 0.0995 e. The number of rotatable bonds is 5. The molecule has 0 saturated carbocycles. The van der Waals surface area contributed by atoms with Gasteiger partial charge in [-0.3, -0.25) is 0 Å². The van der Waals surface area contributed by atoms with E-state index in [0.29, 0.717) is 18.7 Å². The van der Waals surface area contributed by atoms with Crippen LogP contribution in [0.5, 0.6) is 0 Å². The van der Waals surface area contributed by atoms with E-state index in [9.17, 15) is 5.11 Å². The summed E-state index contributed by atoms with van der Waals surface area (Å²) in [4.78, 5) is 0. The van der Waals surface area contributed by atoms with Crippen LogP contribution >= 0.6 is 0 Å². The van der Waals surface area contributed by atoms with Gasteiger partial charge in [-0.1, -0.05) is 25.1 Å². The molecular formula is C12H16N2O. The maximum absolute atomic E-state index is 9.33. The Bertz CT molecular complexity index is 344. The van der Waals surface area contributed by atoms with E-state index in [1.54, 1.807) is 6.07 Å². The third-order valence-electron chi connectivity index (χ3n) is 2.30. The highest BCUT2D eigenvalue weighted by Crippen LogP contribution is 2.06. The van der Waals surface area contributed by atoms with E-state index >= 15 is 0 Å². The first-order valence-corrected chi connectivity index (χ1v) is 5.14. The zero-order valence-corrected chi connectivity index (χ0v) is 8.90. The summed E-state index contributed by atoms with van der Waals surface area (Å²) in [5.41, 5.74) is 1.67. The van der Waals surface area contributed by atoms with Gasteiger partial charge in [0.1, 0.15) is 0 Å². The number of benzene rings is 1. The Labute approximate surface area is 90.4 Å². The lowest BCUT2D eigenvalue weighted by Gasteiger charge is -2.09. The summed E-state index contributed by atoms with van der Waals surface area (Å²) >= 11 is 0. The molecule has 0 aliphatic rings. The molecule has 0 heterocycles. The van der Waals surface area contributed by atoms with Crippen LogP contribution in [0, 0.1) is 11.3 Å². The van der Waals surface area contributed by atoms with E-state index in [1.807, 2.05) is 25.1 Å². The first-order valence-electron chi connectivity index (χ1n) is 5.14. The first kappa shape index (κ1) is 11.7. The van der Waals surface area contributed by atoms with Gasteiger partial charge in [-0.05, 0) is 18.1 Å². The number of aliphatic hydroxyl groups is 1. The minimum atomic E-state index is -0.306. The van der Waals surface area contributed by atoms with Crippen LogP contribution < -0.4 is 5.32 Å². The van der Waals surface area contributed by atoms with Crippen LogP contribution in [0.4, 0.5) is 0 Å². The lowest BCUT2D eigenvalue weighted by Crippen LogP contribution is -2.25. The van der Waals surface area contributed by atoms with Crippen molar-refractivity contribution in [2.45, 2.75) is 26.0 Å². The molecule has 0 spiro atoms. The van der Waals surface area contributed by atoms with Crippen molar-refractivity contribution in [3.05, 3.63) is 35.4 Å². The van der Waals surface area contributed by atoms with E-state index in [1.165, 1.54) is 0 Å². The van der Waals surface area contributed by atoms with E-state index < -0.39 is 0 Å². The predicted molar refractivity (Wildman–Crippen MR) is 59.2 cm³/mol. The van der Waals surface area contributed by atoms with Crippen molar-refractivity contribution in [1.29, 1.82) is 5.26 Å². The van der Waals surface area contributed by atoms with E-state index in [2.05, 4.69) is 11.4 Å². The molecule has 15 heavy (non-hydrogen) atoms. The maximum Gasteiger partial charge on any atom is 0.0995 e. The standard InChI is InChI=1S/C12H16N2O/c1-2-12(15)9-14-8-11-6-4-3-5-10(11)7-13/h3-6,12,14-15H,2,8-9H2,1H3. The van der Waals surface area contributed by atoms with Crippen molar-refractivity contribution in [1.82, 2.24) is 5.32 Å². The first-order chi connectivity index (χ1) is 7.27. The minimum Gasteiger partial charge on any atom is -0.392 e. The average molecular weight is 204 g/mol. The van der Waals surface area contributed by atoms with E-state index in [0.717, 1.165) is 12.0 Å². The molecule has 0 aliphatic heterocycles. The summed E-state index contributed by atoms with van der Waals surface area (Å²) < 4.78 is 0. The number of hydrogen-bond acceptors (Lipinski definition) is 3. The van der Waals surface area contributed by atoms with Gasteiger partial charge in [0, 0.05) is 13.1 Å². The molecule has 0 radical (unpaired) electrons. The van der Waals surface area contributed by atoms with Crippen molar-refractivity contribution < 1.29 is 5.11 Å². The monoisotopic (exact) mass is 204 g/mol. The second kappa shape index (κ2) is 6.18. The Kier molecular flexibility index (Phi) is 4.82. The van der Waals surface area contributed by atoms with Crippen LogP contribution in [0.1, 0.15) is 24.5 Å². The molecule has 1 aromatic rings. The molecule has 0 aromatic heterocycles. The Morgan fingerprint density at radius 1 is 1.47 bits per heavy atom. The summed E-state index contributed by atoms with van der Waals surface area (Å²) in [5, 5.41) is 21.3. The summed E-state index contributed by atoms with van der Waals surface area (Å²) in [5.74, 6) is 0. The number of aliphatic hydroxyl groups excluding tert-OH is 1. The van der Waals surface area contributed by atoms with E-state index in [4.69, 9.17) is 5.26 Å². The Hall–Kier alpha value is -1.37. The van der Waals surface area contributed by atoms with Crippen molar-refractivity contribution in [3.8, 4) is 6.07 Å². The Morgan fingerprint density at radius 2 is 2.20 bits per heavy atom. The molecule has 0 amide bonds. The Morgan fingerprint density at radius 3 is 2.87 bits per heavy atom. The molecule has 0 aliphatic carbocycles. The van der Waals surface area contributed by atoms with Gasteiger partial charge in [0.2, 0.25) is 0 Å². The van der Waals surface area contributed by atoms with Crippen molar-refractivity contribution in [2.24, 2.45) is 0 Å². The summed E-state index contributed by atoms with van der Waals surface area (Å²) in [6.45, 7) is 3.13. The van der Waals surface area contributed by atoms with Gasteiger partial charge in [0.25, 0.3) is 0 Å². The normalized spacial score (nSPS) is 12.1. The fourth-order valence-electron chi connectivity index (χ4n) is 1.30. The van der Waals surface area contributed by atoms with Crippen LogP contribution in [0.3, 0.4) is 0 Å². The van der Waals surface area contributed by atoms with Gasteiger partial charge in [-0.15, -0.1) is 0 Å². The molecule has 3 nitrogen and oxygen atoms in total. The molecule has 1 unspecified atom stereocenters.